The average Bonchev–Trinajstić information content (AvgIpc) is 2.47. The van der Waals surface area contributed by atoms with Crippen LogP contribution in [0.15, 0.2) is 0 Å². The highest BCUT2D eigenvalue weighted by molar-refractivity contribution is 4.99. The van der Waals surface area contributed by atoms with E-state index in [0.717, 1.165) is 12.5 Å². The lowest BCUT2D eigenvalue weighted by Gasteiger charge is -2.52. The van der Waals surface area contributed by atoms with Gasteiger partial charge < -0.3 is 10.1 Å². The molecule has 116 valence electrons. The summed E-state index contributed by atoms with van der Waals surface area (Å²) in [4.78, 5) is 0. The third-order valence-corrected chi connectivity index (χ3v) is 6.66. The molecule has 0 aromatic carbocycles. The molecule has 0 radical (unpaired) electrons. The minimum atomic E-state index is 0.201. The SMILES string of the molecule is CCC(C)(C)C1CCC2OC3(CCCCC3)CNC2C1. The van der Waals surface area contributed by atoms with Gasteiger partial charge in [0.2, 0.25) is 0 Å². The van der Waals surface area contributed by atoms with Gasteiger partial charge in [0.05, 0.1) is 11.7 Å². The van der Waals surface area contributed by atoms with Crippen LogP contribution in [0.5, 0.6) is 0 Å². The van der Waals surface area contributed by atoms with Crippen LogP contribution < -0.4 is 5.32 Å². The molecule has 0 aromatic rings. The average molecular weight is 279 g/mol. The van der Waals surface area contributed by atoms with Gasteiger partial charge in [-0.1, -0.05) is 46.5 Å². The summed E-state index contributed by atoms with van der Waals surface area (Å²) in [6, 6.07) is 0.618. The Labute approximate surface area is 125 Å². The van der Waals surface area contributed by atoms with Gasteiger partial charge in [-0.15, -0.1) is 0 Å². The van der Waals surface area contributed by atoms with E-state index in [2.05, 4.69) is 26.1 Å². The fourth-order valence-corrected chi connectivity index (χ4v) is 4.67. The standard InChI is InChI=1S/C18H33NO/c1-4-17(2,3)14-8-9-16-15(12-14)19-13-18(20-16)10-6-5-7-11-18/h14-16,19H,4-13H2,1-3H3. The molecule has 0 bridgehead atoms. The summed E-state index contributed by atoms with van der Waals surface area (Å²) in [7, 11) is 0. The van der Waals surface area contributed by atoms with Crippen molar-refractivity contribution in [1.82, 2.24) is 5.32 Å². The van der Waals surface area contributed by atoms with Crippen molar-refractivity contribution in [3.8, 4) is 0 Å². The summed E-state index contributed by atoms with van der Waals surface area (Å²) in [5.41, 5.74) is 0.694. The van der Waals surface area contributed by atoms with E-state index in [-0.39, 0.29) is 5.60 Å². The van der Waals surface area contributed by atoms with Gasteiger partial charge >= 0.3 is 0 Å². The van der Waals surface area contributed by atoms with Gasteiger partial charge in [0.25, 0.3) is 0 Å². The molecule has 3 aliphatic rings. The molecule has 1 heterocycles. The minimum absolute atomic E-state index is 0.201. The number of hydrogen-bond donors (Lipinski definition) is 1. The molecule has 1 N–H and O–H groups in total. The van der Waals surface area contributed by atoms with E-state index >= 15 is 0 Å². The van der Waals surface area contributed by atoms with Crippen molar-refractivity contribution in [2.75, 3.05) is 6.54 Å². The predicted molar refractivity (Wildman–Crippen MR) is 83.9 cm³/mol. The third-order valence-electron chi connectivity index (χ3n) is 6.66. The predicted octanol–water partition coefficient (Wildman–Crippen LogP) is 4.28. The number of morpholine rings is 1. The monoisotopic (exact) mass is 279 g/mol. The maximum atomic E-state index is 6.65. The van der Waals surface area contributed by atoms with Crippen LogP contribution in [-0.4, -0.2) is 24.3 Å². The minimum Gasteiger partial charge on any atom is -0.369 e. The molecular weight excluding hydrogens is 246 g/mol. The number of ether oxygens (including phenoxy) is 1. The molecule has 2 nitrogen and oxygen atoms in total. The Morgan fingerprint density at radius 1 is 1.15 bits per heavy atom. The van der Waals surface area contributed by atoms with Gasteiger partial charge in [-0.25, -0.2) is 0 Å². The number of rotatable bonds is 2. The normalized spacial score (nSPS) is 37.6. The van der Waals surface area contributed by atoms with Gasteiger partial charge in [-0.3, -0.25) is 0 Å². The van der Waals surface area contributed by atoms with Crippen LogP contribution in [0.1, 0.15) is 78.6 Å². The van der Waals surface area contributed by atoms with Crippen LogP contribution in [0.25, 0.3) is 0 Å². The first-order chi connectivity index (χ1) is 9.55. The zero-order chi connectivity index (χ0) is 14.2. The van der Waals surface area contributed by atoms with E-state index in [1.54, 1.807) is 0 Å². The van der Waals surface area contributed by atoms with Gasteiger partial charge in [0.1, 0.15) is 0 Å². The van der Waals surface area contributed by atoms with Gasteiger partial charge in [-0.2, -0.15) is 0 Å². The molecule has 2 aliphatic carbocycles. The number of hydrogen-bond acceptors (Lipinski definition) is 2. The van der Waals surface area contributed by atoms with Crippen molar-refractivity contribution in [3.63, 3.8) is 0 Å². The van der Waals surface area contributed by atoms with Crippen LogP contribution >= 0.6 is 0 Å². The van der Waals surface area contributed by atoms with Crippen LogP contribution in [0.2, 0.25) is 0 Å². The van der Waals surface area contributed by atoms with Crippen molar-refractivity contribution in [3.05, 3.63) is 0 Å². The molecule has 2 saturated carbocycles. The molecule has 2 heteroatoms. The molecule has 3 unspecified atom stereocenters. The first-order valence-electron chi connectivity index (χ1n) is 8.96. The second-order valence-electron chi connectivity index (χ2n) is 8.24. The van der Waals surface area contributed by atoms with Gasteiger partial charge in [0, 0.05) is 12.6 Å². The first kappa shape index (κ1) is 14.8. The number of fused-ring (bicyclic) bond motifs is 1. The summed E-state index contributed by atoms with van der Waals surface area (Å²) in [5, 5.41) is 3.88. The highest BCUT2D eigenvalue weighted by Gasteiger charge is 2.46. The Morgan fingerprint density at radius 2 is 1.90 bits per heavy atom. The first-order valence-corrected chi connectivity index (χ1v) is 8.96. The fraction of sp³-hybridized carbons (Fsp3) is 1.00. The Hall–Kier alpha value is -0.0800. The highest BCUT2D eigenvalue weighted by atomic mass is 16.5. The van der Waals surface area contributed by atoms with Crippen molar-refractivity contribution in [1.29, 1.82) is 0 Å². The van der Waals surface area contributed by atoms with Crippen molar-refractivity contribution in [2.45, 2.75) is 96.3 Å². The van der Waals surface area contributed by atoms with Crippen LogP contribution in [0, 0.1) is 11.3 Å². The molecule has 1 spiro atoms. The Bertz CT molecular complexity index is 332. The van der Waals surface area contributed by atoms with Crippen molar-refractivity contribution in [2.24, 2.45) is 11.3 Å². The summed E-state index contributed by atoms with van der Waals surface area (Å²) in [6.45, 7) is 8.34. The summed E-state index contributed by atoms with van der Waals surface area (Å²) in [6.07, 6.45) is 12.4. The second-order valence-corrected chi connectivity index (χ2v) is 8.24. The van der Waals surface area contributed by atoms with Crippen molar-refractivity contribution >= 4 is 0 Å². The third kappa shape index (κ3) is 2.78. The Morgan fingerprint density at radius 3 is 2.60 bits per heavy atom. The topological polar surface area (TPSA) is 21.3 Å². The molecule has 3 fully saturated rings. The molecule has 3 rings (SSSR count). The molecule has 20 heavy (non-hydrogen) atoms. The van der Waals surface area contributed by atoms with E-state index in [1.807, 2.05) is 0 Å². The zero-order valence-corrected chi connectivity index (χ0v) is 13.7. The van der Waals surface area contributed by atoms with E-state index in [1.165, 1.54) is 57.8 Å². The Kier molecular flexibility index (Phi) is 4.16. The molecule has 1 aliphatic heterocycles. The maximum absolute atomic E-state index is 6.65. The molecule has 1 saturated heterocycles. The number of nitrogens with one attached hydrogen (secondary N) is 1. The molecule has 0 aromatic heterocycles. The highest BCUT2D eigenvalue weighted by Crippen LogP contribution is 2.44. The summed E-state index contributed by atoms with van der Waals surface area (Å²) in [5.74, 6) is 0.866. The summed E-state index contributed by atoms with van der Waals surface area (Å²) >= 11 is 0. The van der Waals surface area contributed by atoms with Crippen LogP contribution in [0.3, 0.4) is 0 Å². The van der Waals surface area contributed by atoms with E-state index < -0.39 is 0 Å². The zero-order valence-electron chi connectivity index (χ0n) is 13.7. The van der Waals surface area contributed by atoms with Crippen molar-refractivity contribution < 1.29 is 4.74 Å². The summed E-state index contributed by atoms with van der Waals surface area (Å²) < 4.78 is 6.65. The largest absolute Gasteiger partial charge is 0.369 e. The fourth-order valence-electron chi connectivity index (χ4n) is 4.67. The molecule has 3 atom stereocenters. The molecular formula is C18H33NO. The lowest BCUT2D eigenvalue weighted by molar-refractivity contribution is -0.167. The van der Waals surface area contributed by atoms with Crippen LogP contribution in [-0.2, 0) is 4.74 Å². The van der Waals surface area contributed by atoms with E-state index in [0.29, 0.717) is 17.6 Å². The van der Waals surface area contributed by atoms with Crippen LogP contribution in [0.4, 0.5) is 0 Å². The second kappa shape index (κ2) is 5.61. The van der Waals surface area contributed by atoms with Gasteiger partial charge in [0.15, 0.2) is 0 Å². The lowest BCUT2D eigenvalue weighted by Crippen LogP contribution is -2.61. The molecule has 0 amide bonds. The smallest absolute Gasteiger partial charge is 0.0810 e. The quantitative estimate of drug-likeness (QED) is 0.814. The van der Waals surface area contributed by atoms with Gasteiger partial charge in [-0.05, 0) is 43.4 Å². The Balaban J connectivity index is 1.62. The maximum Gasteiger partial charge on any atom is 0.0810 e. The van der Waals surface area contributed by atoms with E-state index in [4.69, 9.17) is 4.74 Å². The van der Waals surface area contributed by atoms with E-state index in [9.17, 15) is 0 Å². The lowest BCUT2D eigenvalue weighted by atomic mass is 9.67.